The standard InChI is InChI=1S/C15H16ClN3OS/c1-15(2)6-10-11(4-3-5-12(10)19-13(15)20)17-7-9-8-18-14(16)21-9/h3-5,8,17H,6-7H2,1-2H3,(H,19,20). The summed E-state index contributed by atoms with van der Waals surface area (Å²) in [7, 11) is 0. The van der Waals surface area contributed by atoms with Crippen molar-refractivity contribution in [3.05, 3.63) is 39.3 Å². The van der Waals surface area contributed by atoms with Gasteiger partial charge in [0, 0.05) is 27.9 Å². The van der Waals surface area contributed by atoms with Crippen LogP contribution in [0.2, 0.25) is 4.47 Å². The Morgan fingerprint density at radius 2 is 2.29 bits per heavy atom. The van der Waals surface area contributed by atoms with Crippen molar-refractivity contribution >= 4 is 40.2 Å². The Balaban J connectivity index is 1.84. The van der Waals surface area contributed by atoms with Crippen LogP contribution in [0, 0.1) is 5.41 Å². The highest BCUT2D eigenvalue weighted by Gasteiger charge is 2.34. The van der Waals surface area contributed by atoms with E-state index >= 15 is 0 Å². The molecule has 0 saturated carbocycles. The maximum absolute atomic E-state index is 12.0. The molecule has 6 heteroatoms. The second kappa shape index (κ2) is 5.31. The molecule has 21 heavy (non-hydrogen) atoms. The number of nitrogens with one attached hydrogen (secondary N) is 2. The topological polar surface area (TPSA) is 54.0 Å². The van der Waals surface area contributed by atoms with E-state index in [2.05, 4.69) is 15.6 Å². The van der Waals surface area contributed by atoms with E-state index in [1.807, 2.05) is 32.0 Å². The summed E-state index contributed by atoms with van der Waals surface area (Å²) in [6.45, 7) is 4.60. The predicted octanol–water partition coefficient (Wildman–Crippen LogP) is 3.93. The maximum Gasteiger partial charge on any atom is 0.230 e. The molecule has 1 aliphatic heterocycles. The fourth-order valence-corrected chi connectivity index (χ4v) is 3.34. The van der Waals surface area contributed by atoms with Crippen molar-refractivity contribution in [3.63, 3.8) is 0 Å². The van der Waals surface area contributed by atoms with Crippen LogP contribution in [0.1, 0.15) is 24.3 Å². The van der Waals surface area contributed by atoms with Gasteiger partial charge in [-0.2, -0.15) is 0 Å². The third-order valence-corrected chi connectivity index (χ3v) is 4.75. The third kappa shape index (κ3) is 2.89. The molecule has 1 aromatic heterocycles. The Kier molecular flexibility index (Phi) is 3.63. The van der Waals surface area contributed by atoms with Crippen molar-refractivity contribution in [2.24, 2.45) is 5.41 Å². The van der Waals surface area contributed by atoms with Crippen molar-refractivity contribution in [3.8, 4) is 0 Å². The molecule has 0 fully saturated rings. The van der Waals surface area contributed by atoms with E-state index in [9.17, 15) is 4.79 Å². The Bertz CT molecular complexity index is 696. The molecular weight excluding hydrogens is 306 g/mol. The quantitative estimate of drug-likeness (QED) is 0.900. The molecule has 1 aromatic carbocycles. The Morgan fingerprint density at radius 3 is 3.00 bits per heavy atom. The van der Waals surface area contributed by atoms with Crippen LogP contribution in [0.15, 0.2) is 24.4 Å². The van der Waals surface area contributed by atoms with E-state index in [0.717, 1.165) is 28.2 Å². The van der Waals surface area contributed by atoms with Gasteiger partial charge < -0.3 is 10.6 Å². The molecule has 2 aromatic rings. The van der Waals surface area contributed by atoms with Crippen molar-refractivity contribution < 1.29 is 4.79 Å². The lowest BCUT2D eigenvalue weighted by atomic mass is 9.81. The number of hydrogen-bond donors (Lipinski definition) is 2. The molecule has 0 atom stereocenters. The van der Waals surface area contributed by atoms with E-state index in [1.165, 1.54) is 11.3 Å². The molecule has 0 aliphatic carbocycles. The number of carbonyl (C=O) groups is 1. The number of anilines is 2. The van der Waals surface area contributed by atoms with Crippen LogP contribution in [0.25, 0.3) is 0 Å². The summed E-state index contributed by atoms with van der Waals surface area (Å²) in [6.07, 6.45) is 2.50. The molecule has 0 bridgehead atoms. The summed E-state index contributed by atoms with van der Waals surface area (Å²) in [5, 5.41) is 6.40. The van der Waals surface area contributed by atoms with Crippen LogP contribution in [0.4, 0.5) is 11.4 Å². The average Bonchev–Trinajstić information content (AvgIpc) is 2.83. The molecule has 0 saturated heterocycles. The summed E-state index contributed by atoms with van der Waals surface area (Å²) in [5.41, 5.74) is 2.70. The lowest BCUT2D eigenvalue weighted by molar-refractivity contribution is -0.124. The molecular formula is C15H16ClN3OS. The van der Waals surface area contributed by atoms with Crippen molar-refractivity contribution in [2.75, 3.05) is 10.6 Å². The van der Waals surface area contributed by atoms with Crippen LogP contribution in [0.3, 0.4) is 0 Å². The van der Waals surface area contributed by atoms with E-state index in [-0.39, 0.29) is 5.91 Å². The minimum Gasteiger partial charge on any atom is -0.380 e. The lowest BCUT2D eigenvalue weighted by Gasteiger charge is -2.32. The molecule has 110 valence electrons. The number of halogens is 1. The van der Waals surface area contributed by atoms with Crippen LogP contribution in [-0.4, -0.2) is 10.9 Å². The first-order chi connectivity index (χ1) is 9.95. The number of fused-ring (bicyclic) bond motifs is 1. The minimum absolute atomic E-state index is 0.0707. The van der Waals surface area contributed by atoms with Gasteiger partial charge in [-0.15, -0.1) is 11.3 Å². The van der Waals surface area contributed by atoms with Gasteiger partial charge in [-0.05, 0) is 24.1 Å². The second-order valence-corrected chi connectivity index (χ2v) is 7.48. The minimum atomic E-state index is -0.390. The molecule has 2 heterocycles. The summed E-state index contributed by atoms with van der Waals surface area (Å²) >= 11 is 7.31. The number of hydrogen-bond acceptors (Lipinski definition) is 4. The molecule has 1 aliphatic rings. The zero-order valence-corrected chi connectivity index (χ0v) is 13.4. The first kappa shape index (κ1) is 14.4. The number of amides is 1. The summed E-state index contributed by atoms with van der Waals surface area (Å²) < 4.78 is 0.551. The summed E-state index contributed by atoms with van der Waals surface area (Å²) in [6, 6.07) is 5.92. The molecule has 2 N–H and O–H groups in total. The van der Waals surface area contributed by atoms with E-state index in [1.54, 1.807) is 6.20 Å². The van der Waals surface area contributed by atoms with Gasteiger partial charge in [0.15, 0.2) is 4.47 Å². The fraction of sp³-hybridized carbons (Fsp3) is 0.333. The second-order valence-electron chi connectivity index (χ2n) is 5.78. The van der Waals surface area contributed by atoms with Crippen molar-refractivity contribution in [1.29, 1.82) is 0 Å². The van der Waals surface area contributed by atoms with Gasteiger partial charge in [-0.25, -0.2) is 4.98 Å². The molecule has 0 unspecified atom stereocenters. The number of thiazole rings is 1. The third-order valence-electron chi connectivity index (χ3n) is 3.64. The Morgan fingerprint density at radius 1 is 1.48 bits per heavy atom. The van der Waals surface area contributed by atoms with Gasteiger partial charge in [0.2, 0.25) is 5.91 Å². The molecule has 1 amide bonds. The van der Waals surface area contributed by atoms with Gasteiger partial charge in [0.25, 0.3) is 0 Å². The van der Waals surface area contributed by atoms with Gasteiger partial charge in [0.05, 0.1) is 6.54 Å². The highest BCUT2D eigenvalue weighted by molar-refractivity contribution is 7.15. The summed E-state index contributed by atoms with van der Waals surface area (Å²) in [5.74, 6) is 0.0707. The molecule has 0 spiro atoms. The highest BCUT2D eigenvalue weighted by Crippen LogP contribution is 2.37. The zero-order valence-electron chi connectivity index (χ0n) is 11.9. The van der Waals surface area contributed by atoms with Gasteiger partial charge in [-0.1, -0.05) is 31.5 Å². The molecule has 3 rings (SSSR count). The maximum atomic E-state index is 12.0. The van der Waals surface area contributed by atoms with Gasteiger partial charge in [0.1, 0.15) is 0 Å². The molecule has 0 radical (unpaired) electrons. The van der Waals surface area contributed by atoms with Crippen LogP contribution < -0.4 is 10.6 Å². The van der Waals surface area contributed by atoms with Crippen LogP contribution in [0.5, 0.6) is 0 Å². The van der Waals surface area contributed by atoms with Gasteiger partial charge >= 0.3 is 0 Å². The number of nitrogens with zero attached hydrogens (tertiary/aromatic N) is 1. The highest BCUT2D eigenvalue weighted by atomic mass is 35.5. The summed E-state index contributed by atoms with van der Waals surface area (Å²) in [4.78, 5) is 17.1. The van der Waals surface area contributed by atoms with E-state index < -0.39 is 5.41 Å². The zero-order chi connectivity index (χ0) is 15.0. The molecule has 4 nitrogen and oxygen atoms in total. The van der Waals surface area contributed by atoms with E-state index in [0.29, 0.717) is 11.0 Å². The predicted molar refractivity (Wildman–Crippen MR) is 87.0 cm³/mol. The smallest absolute Gasteiger partial charge is 0.230 e. The van der Waals surface area contributed by atoms with Crippen molar-refractivity contribution in [1.82, 2.24) is 4.98 Å². The number of rotatable bonds is 3. The van der Waals surface area contributed by atoms with Crippen LogP contribution in [-0.2, 0) is 17.8 Å². The van der Waals surface area contributed by atoms with Crippen molar-refractivity contribution in [2.45, 2.75) is 26.8 Å². The Labute approximate surface area is 132 Å². The lowest BCUT2D eigenvalue weighted by Crippen LogP contribution is -2.37. The first-order valence-corrected chi connectivity index (χ1v) is 7.92. The Hall–Kier alpha value is -1.59. The normalized spacial score (nSPS) is 16.2. The van der Waals surface area contributed by atoms with Crippen LogP contribution >= 0.6 is 22.9 Å². The average molecular weight is 322 g/mol. The monoisotopic (exact) mass is 321 g/mol. The number of benzene rings is 1. The SMILES string of the molecule is CC1(C)Cc2c(NCc3cnc(Cl)s3)cccc2NC1=O. The first-order valence-electron chi connectivity index (χ1n) is 6.73. The number of carbonyl (C=O) groups excluding carboxylic acids is 1. The largest absolute Gasteiger partial charge is 0.380 e. The fourth-order valence-electron chi connectivity index (χ4n) is 2.42. The van der Waals surface area contributed by atoms with Gasteiger partial charge in [-0.3, -0.25) is 4.79 Å². The number of aromatic nitrogens is 1. The van der Waals surface area contributed by atoms with E-state index in [4.69, 9.17) is 11.6 Å².